The third-order valence-corrected chi connectivity index (χ3v) is 4.15. The number of rotatable bonds is 5. The van der Waals surface area contributed by atoms with Crippen LogP contribution in [0.25, 0.3) is 16.6 Å². The van der Waals surface area contributed by atoms with Gasteiger partial charge < -0.3 is 14.9 Å². The van der Waals surface area contributed by atoms with Crippen LogP contribution in [0.3, 0.4) is 0 Å². The summed E-state index contributed by atoms with van der Waals surface area (Å²) in [6.07, 6.45) is 5.46. The molecule has 3 N–H and O–H groups in total. The molecule has 0 saturated carbocycles. The second-order valence-corrected chi connectivity index (χ2v) is 6.46. The average molecular weight is 336 g/mol. The summed E-state index contributed by atoms with van der Waals surface area (Å²) in [5.41, 5.74) is 1.86. The van der Waals surface area contributed by atoms with E-state index in [0.29, 0.717) is 42.1 Å². The van der Waals surface area contributed by atoms with Gasteiger partial charge in [0.2, 0.25) is 0 Å². The van der Waals surface area contributed by atoms with Crippen molar-refractivity contribution in [3.63, 3.8) is 0 Å². The maximum atomic E-state index is 13.4. The number of H-pyrrole nitrogens is 1. The van der Waals surface area contributed by atoms with Crippen LogP contribution in [0, 0.1) is 5.41 Å². The summed E-state index contributed by atoms with van der Waals surface area (Å²) in [5.74, 6) is 0.672. The van der Waals surface area contributed by atoms with Crippen molar-refractivity contribution in [2.75, 3.05) is 24.2 Å². The van der Waals surface area contributed by atoms with E-state index >= 15 is 0 Å². The van der Waals surface area contributed by atoms with Crippen molar-refractivity contribution in [2.24, 2.45) is 0 Å². The highest BCUT2D eigenvalue weighted by Gasteiger charge is 2.25. The number of alkyl halides is 1. The van der Waals surface area contributed by atoms with Crippen LogP contribution in [0.5, 0.6) is 0 Å². The van der Waals surface area contributed by atoms with E-state index < -0.39 is 17.5 Å². The molecule has 7 nitrogen and oxygen atoms in total. The van der Waals surface area contributed by atoms with Gasteiger partial charge in [-0.15, -0.1) is 0 Å². The lowest BCUT2D eigenvalue weighted by molar-refractivity contribution is 0.364. The Labute approximate surface area is 135 Å². The van der Waals surface area contributed by atoms with Crippen LogP contribution in [0.15, 0.2) is 18.5 Å². The van der Waals surface area contributed by atoms with E-state index in [1.165, 1.54) is 12.5 Å². The number of aromatic nitrogens is 3. The molecule has 0 aromatic carbocycles. The molecule has 2 atom stereocenters. The van der Waals surface area contributed by atoms with Crippen LogP contribution in [0.2, 0.25) is 0 Å². The zero-order valence-corrected chi connectivity index (χ0v) is 13.4. The third-order valence-electron chi connectivity index (χ3n) is 3.70. The first-order chi connectivity index (χ1) is 11.1. The van der Waals surface area contributed by atoms with Crippen LogP contribution < -0.4 is 9.62 Å². The zero-order valence-electron chi connectivity index (χ0n) is 12.5. The number of nitrogens with one attached hydrogen (secondary N) is 3. The SMILES string of the molecule is C[S+]([O-])N/C=C(\C=N)c1cnc2[nH]nc(N3CCC(F)C3)c2c1. The van der Waals surface area contributed by atoms with Gasteiger partial charge in [0, 0.05) is 30.1 Å². The molecule has 122 valence electrons. The number of allylic oxidation sites excluding steroid dienone is 1. The lowest BCUT2D eigenvalue weighted by Gasteiger charge is -2.14. The van der Waals surface area contributed by atoms with E-state index in [1.807, 2.05) is 11.0 Å². The van der Waals surface area contributed by atoms with Gasteiger partial charge >= 0.3 is 0 Å². The molecule has 0 aliphatic carbocycles. The first-order valence-corrected chi connectivity index (χ1v) is 8.68. The van der Waals surface area contributed by atoms with Gasteiger partial charge in [-0.25, -0.2) is 14.1 Å². The van der Waals surface area contributed by atoms with E-state index in [2.05, 4.69) is 19.9 Å². The largest absolute Gasteiger partial charge is 0.593 e. The molecule has 0 amide bonds. The van der Waals surface area contributed by atoms with E-state index in [4.69, 9.17) is 5.41 Å². The van der Waals surface area contributed by atoms with Crippen LogP contribution in [0.4, 0.5) is 10.2 Å². The molecular weight excluding hydrogens is 319 g/mol. The minimum atomic E-state index is -1.21. The van der Waals surface area contributed by atoms with Crippen LogP contribution in [-0.2, 0) is 11.4 Å². The second-order valence-electron chi connectivity index (χ2n) is 5.32. The summed E-state index contributed by atoms with van der Waals surface area (Å²) < 4.78 is 27.2. The molecule has 2 aromatic heterocycles. The van der Waals surface area contributed by atoms with E-state index in [-0.39, 0.29) is 0 Å². The van der Waals surface area contributed by atoms with Gasteiger partial charge in [-0.05, 0) is 12.5 Å². The van der Waals surface area contributed by atoms with Gasteiger partial charge in [-0.1, -0.05) is 0 Å². The van der Waals surface area contributed by atoms with Gasteiger partial charge in [-0.2, -0.15) is 5.10 Å². The summed E-state index contributed by atoms with van der Waals surface area (Å²) in [7, 11) is 0. The van der Waals surface area contributed by atoms with Crippen molar-refractivity contribution in [3.05, 3.63) is 24.0 Å². The first-order valence-electron chi connectivity index (χ1n) is 7.12. The fourth-order valence-corrected chi connectivity index (χ4v) is 2.85. The normalized spacial score (nSPS) is 20.0. The average Bonchev–Trinajstić information content (AvgIpc) is 3.13. The predicted molar refractivity (Wildman–Crippen MR) is 89.6 cm³/mol. The Morgan fingerprint density at radius 2 is 2.48 bits per heavy atom. The summed E-state index contributed by atoms with van der Waals surface area (Å²) in [5, 5.41) is 15.4. The Morgan fingerprint density at radius 3 is 3.13 bits per heavy atom. The highest BCUT2D eigenvalue weighted by molar-refractivity contribution is 7.88. The number of hydrogen-bond donors (Lipinski definition) is 3. The minimum Gasteiger partial charge on any atom is -0.593 e. The molecule has 1 fully saturated rings. The molecule has 1 saturated heterocycles. The molecule has 0 spiro atoms. The van der Waals surface area contributed by atoms with Crippen molar-refractivity contribution in [1.29, 1.82) is 5.41 Å². The minimum absolute atomic E-state index is 0.327. The van der Waals surface area contributed by atoms with Gasteiger partial charge in [0.1, 0.15) is 12.4 Å². The second kappa shape index (κ2) is 6.55. The number of pyridine rings is 1. The van der Waals surface area contributed by atoms with Gasteiger partial charge in [0.15, 0.2) is 11.5 Å². The maximum absolute atomic E-state index is 13.4. The fourth-order valence-electron chi connectivity index (χ4n) is 2.55. The number of aromatic amines is 1. The molecule has 0 bridgehead atoms. The van der Waals surface area contributed by atoms with Crippen LogP contribution in [0.1, 0.15) is 12.0 Å². The van der Waals surface area contributed by atoms with E-state index in [9.17, 15) is 8.94 Å². The maximum Gasteiger partial charge on any atom is 0.160 e. The molecule has 0 radical (unpaired) electrons. The number of hydrogen-bond acceptors (Lipinski definition) is 6. The molecule has 3 heterocycles. The first kappa shape index (κ1) is 15.8. The molecule has 1 aliphatic rings. The third kappa shape index (κ3) is 3.30. The van der Waals surface area contributed by atoms with Gasteiger partial charge in [-0.3, -0.25) is 5.10 Å². The Bertz CT molecular complexity index is 746. The molecule has 2 unspecified atom stereocenters. The standard InChI is InChI=1S/C14H17FN6OS/c1-23(22)18-7-10(5-16)9-4-12-13(17-6-9)19-20-14(12)21-3-2-11(15)8-21/h4-7,11,16,18H,2-3,8H2,1H3,(H,17,19,20)/b10-7+,16-5?. The number of anilines is 1. The lowest BCUT2D eigenvalue weighted by atomic mass is 10.1. The van der Waals surface area contributed by atoms with Crippen molar-refractivity contribution < 1.29 is 8.94 Å². The van der Waals surface area contributed by atoms with Crippen molar-refractivity contribution in [1.82, 2.24) is 19.9 Å². The summed E-state index contributed by atoms with van der Waals surface area (Å²) in [6, 6.07) is 1.85. The topological polar surface area (TPSA) is 104 Å². The van der Waals surface area contributed by atoms with E-state index in [0.717, 1.165) is 11.6 Å². The summed E-state index contributed by atoms with van der Waals surface area (Å²) in [6.45, 7) is 0.947. The van der Waals surface area contributed by atoms with Crippen molar-refractivity contribution >= 4 is 40.0 Å². The lowest BCUT2D eigenvalue weighted by Crippen LogP contribution is -2.20. The number of halogens is 1. The smallest absolute Gasteiger partial charge is 0.160 e. The molecule has 23 heavy (non-hydrogen) atoms. The van der Waals surface area contributed by atoms with Crippen molar-refractivity contribution in [2.45, 2.75) is 12.6 Å². The Kier molecular flexibility index (Phi) is 4.49. The molecule has 1 aliphatic heterocycles. The molecule has 9 heteroatoms. The monoisotopic (exact) mass is 336 g/mol. The summed E-state index contributed by atoms with van der Waals surface area (Å²) >= 11 is -1.21. The van der Waals surface area contributed by atoms with E-state index in [1.54, 1.807) is 6.20 Å². The van der Waals surface area contributed by atoms with Gasteiger partial charge in [0.05, 0.1) is 29.5 Å². The summed E-state index contributed by atoms with van der Waals surface area (Å²) in [4.78, 5) is 6.19. The highest BCUT2D eigenvalue weighted by atomic mass is 32.2. The fraction of sp³-hybridized carbons (Fsp3) is 0.357. The van der Waals surface area contributed by atoms with Crippen LogP contribution >= 0.6 is 0 Å². The number of nitrogens with zero attached hydrogens (tertiary/aromatic N) is 3. The quantitative estimate of drug-likeness (QED) is 0.565. The van der Waals surface area contributed by atoms with Crippen molar-refractivity contribution in [3.8, 4) is 0 Å². The Morgan fingerprint density at radius 1 is 1.65 bits per heavy atom. The molecule has 3 rings (SSSR count). The number of fused-ring (bicyclic) bond motifs is 1. The Balaban J connectivity index is 1.97. The highest BCUT2D eigenvalue weighted by Crippen LogP contribution is 2.28. The zero-order chi connectivity index (χ0) is 16.4. The predicted octanol–water partition coefficient (Wildman–Crippen LogP) is 1.38. The molecular formula is C14H17FN6OS. The Hall–Kier alpha value is -2.13. The van der Waals surface area contributed by atoms with Crippen LogP contribution in [-0.4, -0.2) is 51.5 Å². The van der Waals surface area contributed by atoms with Gasteiger partial charge in [0.25, 0.3) is 0 Å². The molecule has 2 aromatic rings.